The molecule has 2 N–H and O–H groups in total. The van der Waals surface area contributed by atoms with E-state index in [1.165, 1.54) is 27.4 Å². The summed E-state index contributed by atoms with van der Waals surface area (Å²) in [4.78, 5) is 30.6. The zero-order valence-electron chi connectivity index (χ0n) is 15.5. The summed E-state index contributed by atoms with van der Waals surface area (Å²) >= 11 is 0. The van der Waals surface area contributed by atoms with Crippen molar-refractivity contribution < 1.29 is 23.8 Å². The third kappa shape index (κ3) is 4.09. The Bertz CT molecular complexity index is 1030. The molecule has 3 aromatic rings. The monoisotopic (exact) mass is 382 g/mol. The number of hydrogen-bond acceptors (Lipinski definition) is 7. The summed E-state index contributed by atoms with van der Waals surface area (Å²) in [6.07, 6.45) is 2.99. The van der Waals surface area contributed by atoms with E-state index in [4.69, 9.17) is 14.2 Å². The van der Waals surface area contributed by atoms with Gasteiger partial charge in [0.25, 0.3) is 5.91 Å². The summed E-state index contributed by atoms with van der Waals surface area (Å²) in [7, 11) is 2.88. The van der Waals surface area contributed by atoms with Crippen molar-refractivity contribution in [1.82, 2.24) is 15.4 Å². The summed E-state index contributed by atoms with van der Waals surface area (Å²) in [5.74, 6) is -0.103. The summed E-state index contributed by atoms with van der Waals surface area (Å²) in [5, 5.41) is 3.96. The van der Waals surface area contributed by atoms with Crippen LogP contribution in [0.2, 0.25) is 0 Å². The van der Waals surface area contributed by atoms with Gasteiger partial charge in [-0.2, -0.15) is 5.10 Å². The Morgan fingerprint density at radius 3 is 2.50 bits per heavy atom. The van der Waals surface area contributed by atoms with Crippen molar-refractivity contribution in [2.45, 2.75) is 6.92 Å². The predicted octanol–water partition coefficient (Wildman–Crippen LogP) is 2.27. The number of carbonyl (C=O) groups is 2. The molecule has 0 aliphatic heterocycles. The largest absolute Gasteiger partial charge is 0.493 e. The van der Waals surface area contributed by atoms with Gasteiger partial charge in [-0.15, -0.1) is 0 Å². The van der Waals surface area contributed by atoms with Crippen LogP contribution in [0.3, 0.4) is 0 Å². The number of H-pyrrole nitrogens is 1. The average Bonchev–Trinajstić information content (AvgIpc) is 3.16. The summed E-state index contributed by atoms with van der Waals surface area (Å²) in [6.45, 7) is 1.28. The van der Waals surface area contributed by atoms with E-state index >= 15 is 0 Å². The number of nitrogens with one attached hydrogen (secondary N) is 2. The minimum atomic E-state index is -0.500. The van der Waals surface area contributed by atoms with Gasteiger partial charge in [-0.05, 0) is 30.3 Å². The van der Waals surface area contributed by atoms with Crippen LogP contribution in [0.5, 0.6) is 17.2 Å². The number of methoxy groups -OCH3 is 2. The maximum atomic E-state index is 12.3. The van der Waals surface area contributed by atoms with Gasteiger partial charge < -0.3 is 19.2 Å². The number of esters is 1. The highest BCUT2D eigenvalue weighted by Crippen LogP contribution is 2.38. The van der Waals surface area contributed by atoms with Crippen LogP contribution in [-0.2, 0) is 4.79 Å². The first-order valence-corrected chi connectivity index (χ1v) is 8.22. The zero-order chi connectivity index (χ0) is 20.1. The highest BCUT2D eigenvalue weighted by Gasteiger charge is 2.15. The van der Waals surface area contributed by atoms with Gasteiger partial charge in [-0.1, -0.05) is 0 Å². The number of benzene rings is 2. The molecule has 0 radical (unpaired) electrons. The Labute approximate surface area is 160 Å². The van der Waals surface area contributed by atoms with E-state index < -0.39 is 5.97 Å². The number of aromatic nitrogens is 2. The number of ether oxygens (including phenoxy) is 3. The second-order valence-electron chi connectivity index (χ2n) is 5.68. The molecular weight excluding hydrogens is 364 g/mol. The Balaban J connectivity index is 1.77. The molecular formula is C19H18N4O5. The van der Waals surface area contributed by atoms with E-state index in [0.717, 1.165) is 11.0 Å². The molecule has 144 valence electrons. The SMILES string of the molecule is COc1cc(/C=N\NC(=O)c2ccc3nc[nH]c3c2)cc(OC)c1OC(C)=O. The summed E-state index contributed by atoms with van der Waals surface area (Å²) in [5.41, 5.74) is 5.00. The van der Waals surface area contributed by atoms with Gasteiger partial charge >= 0.3 is 5.97 Å². The lowest BCUT2D eigenvalue weighted by Gasteiger charge is -2.13. The fourth-order valence-electron chi connectivity index (χ4n) is 2.53. The average molecular weight is 382 g/mol. The van der Waals surface area contributed by atoms with Gasteiger partial charge in [0.2, 0.25) is 5.75 Å². The first-order valence-electron chi connectivity index (χ1n) is 8.22. The van der Waals surface area contributed by atoms with Crippen molar-refractivity contribution in [3.05, 3.63) is 47.8 Å². The topological polar surface area (TPSA) is 115 Å². The number of amides is 1. The number of imidazole rings is 1. The Morgan fingerprint density at radius 1 is 1.14 bits per heavy atom. The van der Waals surface area contributed by atoms with Crippen LogP contribution in [0.4, 0.5) is 0 Å². The molecule has 28 heavy (non-hydrogen) atoms. The molecule has 0 atom stereocenters. The highest BCUT2D eigenvalue weighted by molar-refractivity contribution is 5.97. The summed E-state index contributed by atoms with van der Waals surface area (Å²) in [6, 6.07) is 8.30. The number of aromatic amines is 1. The van der Waals surface area contributed by atoms with E-state index in [1.807, 2.05) is 0 Å². The van der Waals surface area contributed by atoms with Gasteiger partial charge in [-0.3, -0.25) is 9.59 Å². The number of nitrogens with zero attached hydrogens (tertiary/aromatic N) is 2. The van der Waals surface area contributed by atoms with Crippen molar-refractivity contribution in [3.63, 3.8) is 0 Å². The van der Waals surface area contributed by atoms with Crippen LogP contribution in [0.25, 0.3) is 11.0 Å². The molecule has 0 saturated heterocycles. The van der Waals surface area contributed by atoms with Gasteiger partial charge in [0.15, 0.2) is 11.5 Å². The van der Waals surface area contributed by atoms with Crippen LogP contribution >= 0.6 is 0 Å². The van der Waals surface area contributed by atoms with Crippen molar-refractivity contribution >= 4 is 29.1 Å². The van der Waals surface area contributed by atoms with E-state index in [1.54, 1.807) is 36.7 Å². The quantitative estimate of drug-likeness (QED) is 0.292. The lowest BCUT2D eigenvalue weighted by Crippen LogP contribution is -2.17. The molecule has 9 nitrogen and oxygen atoms in total. The summed E-state index contributed by atoms with van der Waals surface area (Å²) < 4.78 is 15.6. The molecule has 0 aliphatic carbocycles. The molecule has 9 heteroatoms. The predicted molar refractivity (Wildman–Crippen MR) is 102 cm³/mol. The number of fused-ring (bicyclic) bond motifs is 1. The van der Waals surface area contributed by atoms with E-state index in [9.17, 15) is 9.59 Å². The fraction of sp³-hybridized carbons (Fsp3) is 0.158. The molecule has 0 fully saturated rings. The molecule has 1 aromatic heterocycles. The third-order valence-electron chi connectivity index (χ3n) is 3.79. The van der Waals surface area contributed by atoms with E-state index in [-0.39, 0.29) is 11.7 Å². The maximum Gasteiger partial charge on any atom is 0.308 e. The van der Waals surface area contributed by atoms with Crippen LogP contribution in [-0.4, -0.2) is 42.3 Å². The van der Waals surface area contributed by atoms with Gasteiger partial charge in [0.05, 0.1) is 37.8 Å². The van der Waals surface area contributed by atoms with Crippen LogP contribution in [0, 0.1) is 0 Å². The van der Waals surface area contributed by atoms with Gasteiger partial charge in [0, 0.05) is 18.1 Å². The van der Waals surface area contributed by atoms with Gasteiger partial charge in [-0.25, -0.2) is 10.4 Å². The minimum absolute atomic E-state index is 0.173. The second-order valence-corrected chi connectivity index (χ2v) is 5.68. The van der Waals surface area contributed by atoms with Crippen molar-refractivity contribution in [2.24, 2.45) is 5.10 Å². The molecule has 0 saturated carbocycles. The first kappa shape index (κ1) is 18.9. The fourth-order valence-corrected chi connectivity index (χ4v) is 2.53. The molecule has 0 unspecified atom stereocenters. The molecule has 1 heterocycles. The van der Waals surface area contributed by atoms with Crippen molar-refractivity contribution in [1.29, 1.82) is 0 Å². The van der Waals surface area contributed by atoms with Crippen molar-refractivity contribution in [2.75, 3.05) is 14.2 Å². The third-order valence-corrected chi connectivity index (χ3v) is 3.79. The molecule has 3 rings (SSSR count). The minimum Gasteiger partial charge on any atom is -0.493 e. The standard InChI is InChI=1S/C19H18N4O5/c1-11(24)28-18-16(26-2)6-12(7-17(18)27-3)9-22-23-19(25)13-4-5-14-15(8-13)21-10-20-14/h4-10H,1-3H3,(H,20,21)(H,23,25)/b22-9-. The van der Waals surface area contributed by atoms with E-state index in [0.29, 0.717) is 22.6 Å². The zero-order valence-corrected chi connectivity index (χ0v) is 15.5. The smallest absolute Gasteiger partial charge is 0.308 e. The normalized spacial score (nSPS) is 10.8. The first-order chi connectivity index (χ1) is 13.5. The molecule has 0 bridgehead atoms. The number of carbonyl (C=O) groups excluding carboxylic acids is 2. The Kier molecular flexibility index (Phi) is 5.54. The Morgan fingerprint density at radius 2 is 1.86 bits per heavy atom. The number of rotatable bonds is 6. The van der Waals surface area contributed by atoms with Crippen LogP contribution in [0.15, 0.2) is 41.8 Å². The maximum absolute atomic E-state index is 12.3. The number of hydrazone groups is 1. The van der Waals surface area contributed by atoms with E-state index in [2.05, 4.69) is 20.5 Å². The van der Waals surface area contributed by atoms with Crippen molar-refractivity contribution in [3.8, 4) is 17.2 Å². The second kappa shape index (κ2) is 8.21. The molecule has 2 aromatic carbocycles. The van der Waals surface area contributed by atoms with Gasteiger partial charge in [0.1, 0.15) is 0 Å². The van der Waals surface area contributed by atoms with Crippen LogP contribution < -0.4 is 19.6 Å². The molecule has 0 spiro atoms. The molecule has 0 aliphatic rings. The lowest BCUT2D eigenvalue weighted by atomic mass is 10.2. The molecule has 1 amide bonds. The lowest BCUT2D eigenvalue weighted by molar-refractivity contribution is -0.132. The van der Waals surface area contributed by atoms with Crippen LogP contribution in [0.1, 0.15) is 22.8 Å². The Hall–Kier alpha value is -3.88. The number of hydrogen-bond donors (Lipinski definition) is 2. The highest BCUT2D eigenvalue weighted by atomic mass is 16.6.